The summed E-state index contributed by atoms with van der Waals surface area (Å²) in [5, 5.41) is 0. The van der Waals surface area contributed by atoms with Gasteiger partial charge in [0.2, 0.25) is 0 Å². The van der Waals surface area contributed by atoms with Gasteiger partial charge in [0.1, 0.15) is 11.5 Å². The summed E-state index contributed by atoms with van der Waals surface area (Å²) in [6.45, 7) is 3.83. The summed E-state index contributed by atoms with van der Waals surface area (Å²) in [5.74, 6) is 1.74. The number of rotatable bonds is 8. The van der Waals surface area contributed by atoms with E-state index in [1.807, 2.05) is 24.3 Å². The molecule has 4 heteroatoms. The van der Waals surface area contributed by atoms with Gasteiger partial charge in [-0.2, -0.15) is 0 Å². The van der Waals surface area contributed by atoms with Crippen molar-refractivity contribution in [2.75, 3.05) is 18.9 Å². The van der Waals surface area contributed by atoms with Crippen LogP contribution in [0.25, 0.3) is 0 Å². The highest BCUT2D eigenvalue weighted by atomic mass is 16.6. The molecule has 2 N–H and O–H groups in total. The summed E-state index contributed by atoms with van der Waals surface area (Å²) in [6, 6.07) is 12.3. The summed E-state index contributed by atoms with van der Waals surface area (Å²) >= 11 is 0. The minimum atomic E-state index is 0.287. The Kier molecular flexibility index (Phi) is 4.64. The van der Waals surface area contributed by atoms with Crippen LogP contribution in [0.1, 0.15) is 30.0 Å². The first kappa shape index (κ1) is 16.4. The minimum Gasteiger partial charge on any atom is -0.457 e. The number of nitrogens with two attached hydrogens (primary N) is 1. The van der Waals surface area contributed by atoms with Gasteiger partial charge in [-0.25, -0.2) is 0 Å². The van der Waals surface area contributed by atoms with Crippen molar-refractivity contribution < 1.29 is 14.2 Å². The van der Waals surface area contributed by atoms with Crippen molar-refractivity contribution >= 4 is 5.69 Å². The fraction of sp³-hybridized carbons (Fsp3) is 0.429. The summed E-state index contributed by atoms with van der Waals surface area (Å²) < 4.78 is 17.1. The minimum absolute atomic E-state index is 0.287. The molecule has 132 valence electrons. The van der Waals surface area contributed by atoms with E-state index in [0.29, 0.717) is 6.10 Å². The van der Waals surface area contributed by atoms with E-state index in [0.717, 1.165) is 67.2 Å². The highest BCUT2D eigenvalue weighted by Crippen LogP contribution is 2.36. The van der Waals surface area contributed by atoms with Gasteiger partial charge < -0.3 is 19.9 Å². The van der Waals surface area contributed by atoms with E-state index >= 15 is 0 Å². The maximum atomic E-state index is 6.26. The molecule has 0 aliphatic carbocycles. The third-order valence-electron chi connectivity index (χ3n) is 4.78. The fourth-order valence-corrected chi connectivity index (χ4v) is 3.22. The first-order valence-corrected chi connectivity index (χ1v) is 9.13. The lowest BCUT2D eigenvalue weighted by molar-refractivity contribution is 0.397. The summed E-state index contributed by atoms with van der Waals surface area (Å²) in [4.78, 5) is 0. The molecular weight excluding hydrogens is 314 g/mol. The molecule has 2 saturated heterocycles. The molecule has 25 heavy (non-hydrogen) atoms. The number of ether oxygens (including phenoxy) is 3. The van der Waals surface area contributed by atoms with Gasteiger partial charge >= 0.3 is 0 Å². The Morgan fingerprint density at radius 1 is 0.960 bits per heavy atom. The Morgan fingerprint density at radius 3 is 2.20 bits per heavy atom. The van der Waals surface area contributed by atoms with Crippen LogP contribution in [-0.2, 0) is 28.7 Å². The van der Waals surface area contributed by atoms with Crippen molar-refractivity contribution in [3.8, 4) is 11.5 Å². The molecule has 2 aromatic rings. The van der Waals surface area contributed by atoms with E-state index in [2.05, 4.69) is 19.1 Å². The van der Waals surface area contributed by atoms with Crippen LogP contribution >= 0.6 is 0 Å². The molecule has 0 spiro atoms. The van der Waals surface area contributed by atoms with Gasteiger partial charge in [0.15, 0.2) is 0 Å². The van der Waals surface area contributed by atoms with E-state index in [-0.39, 0.29) is 6.10 Å². The number of anilines is 1. The molecule has 2 aliphatic rings. The molecule has 0 bridgehead atoms. The quantitative estimate of drug-likeness (QED) is 0.585. The van der Waals surface area contributed by atoms with Crippen molar-refractivity contribution in [3.05, 3.63) is 53.1 Å². The van der Waals surface area contributed by atoms with Crippen LogP contribution in [0.4, 0.5) is 5.69 Å². The van der Waals surface area contributed by atoms with Crippen LogP contribution in [-0.4, -0.2) is 25.4 Å². The van der Waals surface area contributed by atoms with Gasteiger partial charge in [0.25, 0.3) is 0 Å². The van der Waals surface area contributed by atoms with E-state index in [1.165, 1.54) is 5.56 Å². The molecular formula is C21H25NO3. The number of hydrogen-bond acceptors (Lipinski definition) is 4. The van der Waals surface area contributed by atoms with Gasteiger partial charge in [-0.1, -0.05) is 25.5 Å². The standard InChI is InChI=1S/C21H25NO3/c1-2-3-14-4-6-15(7-5-14)25-21-9-8-20(22)18(10-16-12-23-16)19(21)11-17-13-24-17/h4-9,16-17H,2-3,10-13,22H2,1H3. The zero-order chi connectivity index (χ0) is 17.2. The average Bonchev–Trinajstić information content (AvgIpc) is 3.51. The van der Waals surface area contributed by atoms with Crippen molar-refractivity contribution in [2.45, 2.75) is 44.8 Å². The molecule has 0 radical (unpaired) electrons. The lowest BCUT2D eigenvalue weighted by Gasteiger charge is -2.17. The first-order chi connectivity index (χ1) is 12.2. The van der Waals surface area contributed by atoms with E-state index in [1.54, 1.807) is 0 Å². The predicted molar refractivity (Wildman–Crippen MR) is 98.3 cm³/mol. The first-order valence-electron chi connectivity index (χ1n) is 9.13. The predicted octanol–water partition coefficient (Wildman–Crippen LogP) is 3.90. The SMILES string of the molecule is CCCc1ccc(Oc2ccc(N)c(CC3CO3)c2CC2CO2)cc1. The molecule has 0 aromatic heterocycles. The van der Waals surface area contributed by atoms with Gasteiger partial charge in [-0.3, -0.25) is 0 Å². The van der Waals surface area contributed by atoms with Crippen molar-refractivity contribution in [2.24, 2.45) is 0 Å². The van der Waals surface area contributed by atoms with Crippen molar-refractivity contribution in [1.29, 1.82) is 0 Å². The van der Waals surface area contributed by atoms with Gasteiger partial charge in [-0.05, 0) is 41.8 Å². The summed E-state index contributed by atoms with van der Waals surface area (Å²) in [7, 11) is 0. The van der Waals surface area contributed by atoms with Crippen molar-refractivity contribution in [1.82, 2.24) is 0 Å². The second-order valence-electron chi connectivity index (χ2n) is 6.92. The zero-order valence-corrected chi connectivity index (χ0v) is 14.7. The third-order valence-corrected chi connectivity index (χ3v) is 4.78. The second-order valence-corrected chi connectivity index (χ2v) is 6.92. The molecule has 0 saturated carbocycles. The lowest BCUT2D eigenvalue weighted by atomic mass is 9.96. The summed E-state index contributed by atoms with van der Waals surface area (Å²) in [6.07, 6.45) is 4.52. The van der Waals surface area contributed by atoms with Crippen molar-refractivity contribution in [3.63, 3.8) is 0 Å². The Morgan fingerprint density at radius 2 is 1.60 bits per heavy atom. The molecule has 0 amide bonds. The second kappa shape index (κ2) is 7.06. The molecule has 2 fully saturated rings. The molecule has 2 aromatic carbocycles. The number of hydrogen-bond donors (Lipinski definition) is 1. The highest BCUT2D eigenvalue weighted by Gasteiger charge is 2.30. The molecule has 2 heterocycles. The monoisotopic (exact) mass is 339 g/mol. The highest BCUT2D eigenvalue weighted by molar-refractivity contribution is 5.58. The zero-order valence-electron chi connectivity index (χ0n) is 14.7. The Bertz CT molecular complexity index is 734. The van der Waals surface area contributed by atoms with Crippen LogP contribution in [0.5, 0.6) is 11.5 Å². The molecule has 2 atom stereocenters. The Balaban J connectivity index is 1.60. The maximum Gasteiger partial charge on any atom is 0.131 e. The van der Waals surface area contributed by atoms with Crippen LogP contribution in [0.2, 0.25) is 0 Å². The topological polar surface area (TPSA) is 60.3 Å². The third kappa shape index (κ3) is 4.14. The van der Waals surface area contributed by atoms with Crippen LogP contribution in [0.3, 0.4) is 0 Å². The molecule has 4 rings (SSSR count). The average molecular weight is 339 g/mol. The smallest absolute Gasteiger partial charge is 0.131 e. The molecule has 4 nitrogen and oxygen atoms in total. The maximum absolute atomic E-state index is 6.26. The van der Waals surface area contributed by atoms with E-state index in [9.17, 15) is 0 Å². The number of aryl methyl sites for hydroxylation is 1. The van der Waals surface area contributed by atoms with Crippen LogP contribution in [0, 0.1) is 0 Å². The van der Waals surface area contributed by atoms with E-state index < -0.39 is 0 Å². The Hall–Kier alpha value is -2.04. The lowest BCUT2D eigenvalue weighted by Crippen LogP contribution is -2.08. The molecule has 2 unspecified atom stereocenters. The number of epoxide rings is 2. The fourth-order valence-electron chi connectivity index (χ4n) is 3.22. The van der Waals surface area contributed by atoms with E-state index in [4.69, 9.17) is 19.9 Å². The van der Waals surface area contributed by atoms with Gasteiger partial charge in [0, 0.05) is 24.1 Å². The normalized spacial score (nSPS) is 21.2. The number of nitrogen functional groups attached to an aromatic ring is 1. The van der Waals surface area contributed by atoms with Crippen LogP contribution < -0.4 is 10.5 Å². The van der Waals surface area contributed by atoms with Gasteiger partial charge in [0.05, 0.1) is 25.4 Å². The van der Waals surface area contributed by atoms with Crippen LogP contribution in [0.15, 0.2) is 36.4 Å². The Labute approximate surface area is 148 Å². The summed E-state index contributed by atoms with van der Waals surface area (Å²) in [5.41, 5.74) is 10.7. The number of benzene rings is 2. The largest absolute Gasteiger partial charge is 0.457 e. The molecule has 2 aliphatic heterocycles. The van der Waals surface area contributed by atoms with Gasteiger partial charge in [-0.15, -0.1) is 0 Å².